The second kappa shape index (κ2) is 8.84. The maximum Gasteiger partial charge on any atom is 0.239 e. The Labute approximate surface area is 164 Å². The number of hydrogen-bond acceptors (Lipinski definition) is 5. The zero-order valence-electron chi connectivity index (χ0n) is 16.4. The molecule has 28 heavy (non-hydrogen) atoms. The van der Waals surface area contributed by atoms with E-state index in [1.807, 2.05) is 32.0 Å². The van der Waals surface area contributed by atoms with Crippen LogP contribution in [0.5, 0.6) is 5.88 Å². The molecule has 1 saturated heterocycles. The van der Waals surface area contributed by atoms with Crippen molar-refractivity contribution in [1.29, 1.82) is 0 Å². The van der Waals surface area contributed by atoms with Crippen molar-refractivity contribution in [3.8, 4) is 5.88 Å². The standard InChI is InChI=1S/C21H25N3O4/c1-14-4-6-17(12-15(14)2)24-9-8-18(21(24)26)20(25)23-16-5-7-19(22-13-16)28-11-10-27-3/h4-7,12-13,18H,8-11H2,1-3H3,(H,23,25). The Hall–Kier alpha value is -2.93. The number of nitrogens with one attached hydrogen (secondary N) is 1. The van der Waals surface area contributed by atoms with Gasteiger partial charge in [-0.05, 0) is 49.6 Å². The number of carbonyl (C=O) groups is 2. The summed E-state index contributed by atoms with van der Waals surface area (Å²) in [5.41, 5.74) is 3.66. The first kappa shape index (κ1) is 19.8. The third-order valence-electron chi connectivity index (χ3n) is 4.87. The van der Waals surface area contributed by atoms with E-state index in [0.717, 1.165) is 11.3 Å². The Bertz CT molecular complexity index is 851. The van der Waals surface area contributed by atoms with Crippen LogP contribution in [0.1, 0.15) is 17.5 Å². The summed E-state index contributed by atoms with van der Waals surface area (Å²) in [6.45, 7) is 5.45. The van der Waals surface area contributed by atoms with Crippen molar-refractivity contribution < 1.29 is 19.1 Å². The summed E-state index contributed by atoms with van der Waals surface area (Å²) in [7, 11) is 1.60. The Balaban J connectivity index is 1.60. The van der Waals surface area contributed by atoms with Crippen molar-refractivity contribution in [1.82, 2.24) is 4.98 Å². The number of ether oxygens (including phenoxy) is 2. The van der Waals surface area contributed by atoms with Crippen LogP contribution in [0.2, 0.25) is 0 Å². The van der Waals surface area contributed by atoms with Crippen LogP contribution in [0.4, 0.5) is 11.4 Å². The predicted octanol–water partition coefficient (Wildman–Crippen LogP) is 2.72. The van der Waals surface area contributed by atoms with Crippen molar-refractivity contribution in [2.75, 3.05) is 37.1 Å². The van der Waals surface area contributed by atoms with E-state index in [9.17, 15) is 9.59 Å². The Morgan fingerprint density at radius 1 is 1.21 bits per heavy atom. The molecule has 2 heterocycles. The first-order valence-corrected chi connectivity index (χ1v) is 9.27. The fourth-order valence-electron chi connectivity index (χ4n) is 3.07. The van der Waals surface area contributed by atoms with Gasteiger partial charge in [0.05, 0.1) is 18.5 Å². The molecule has 0 radical (unpaired) electrons. The lowest BCUT2D eigenvalue weighted by Gasteiger charge is -2.18. The number of benzene rings is 1. The minimum atomic E-state index is -0.695. The highest BCUT2D eigenvalue weighted by Gasteiger charge is 2.37. The molecule has 0 aliphatic carbocycles. The van der Waals surface area contributed by atoms with Crippen LogP contribution in [0.15, 0.2) is 36.5 Å². The predicted molar refractivity (Wildman–Crippen MR) is 107 cm³/mol. The highest BCUT2D eigenvalue weighted by molar-refractivity contribution is 6.13. The number of nitrogens with zero attached hydrogens (tertiary/aromatic N) is 2. The Morgan fingerprint density at radius 3 is 2.71 bits per heavy atom. The third-order valence-corrected chi connectivity index (χ3v) is 4.87. The summed E-state index contributed by atoms with van der Waals surface area (Å²) in [4.78, 5) is 31.2. The van der Waals surface area contributed by atoms with Gasteiger partial charge in [0, 0.05) is 25.4 Å². The molecule has 1 aliphatic heterocycles. The number of methoxy groups -OCH3 is 1. The fourth-order valence-corrected chi connectivity index (χ4v) is 3.07. The second-order valence-corrected chi connectivity index (χ2v) is 6.82. The minimum Gasteiger partial charge on any atom is -0.475 e. The first-order valence-electron chi connectivity index (χ1n) is 9.27. The molecule has 1 atom stereocenters. The van der Waals surface area contributed by atoms with Crippen LogP contribution in [0.3, 0.4) is 0 Å². The number of aromatic nitrogens is 1. The largest absolute Gasteiger partial charge is 0.475 e. The molecular weight excluding hydrogens is 358 g/mol. The molecule has 0 spiro atoms. The number of amides is 2. The van der Waals surface area contributed by atoms with Gasteiger partial charge in [-0.3, -0.25) is 9.59 Å². The maximum absolute atomic E-state index is 12.8. The normalized spacial score (nSPS) is 16.3. The van der Waals surface area contributed by atoms with E-state index in [2.05, 4.69) is 10.3 Å². The van der Waals surface area contributed by atoms with Gasteiger partial charge in [0.25, 0.3) is 0 Å². The molecule has 0 bridgehead atoms. The first-order chi connectivity index (χ1) is 13.5. The number of pyridine rings is 1. The van der Waals surface area contributed by atoms with Gasteiger partial charge >= 0.3 is 0 Å². The highest BCUT2D eigenvalue weighted by atomic mass is 16.5. The van der Waals surface area contributed by atoms with Crippen LogP contribution >= 0.6 is 0 Å². The zero-order chi connectivity index (χ0) is 20.1. The molecule has 7 nitrogen and oxygen atoms in total. The summed E-state index contributed by atoms with van der Waals surface area (Å²) in [6.07, 6.45) is 2.00. The lowest BCUT2D eigenvalue weighted by atomic mass is 10.1. The van der Waals surface area contributed by atoms with Gasteiger partial charge in [0.1, 0.15) is 12.5 Å². The number of aryl methyl sites for hydroxylation is 2. The average molecular weight is 383 g/mol. The fraction of sp³-hybridized carbons (Fsp3) is 0.381. The molecule has 1 aliphatic rings. The molecule has 2 amide bonds. The lowest BCUT2D eigenvalue weighted by molar-refractivity contribution is -0.129. The Kier molecular flexibility index (Phi) is 6.26. The van der Waals surface area contributed by atoms with E-state index < -0.39 is 5.92 Å². The van der Waals surface area contributed by atoms with Crippen LogP contribution in [-0.2, 0) is 14.3 Å². The van der Waals surface area contributed by atoms with Gasteiger partial charge in [0.15, 0.2) is 0 Å². The number of rotatable bonds is 7. The van der Waals surface area contributed by atoms with Gasteiger partial charge < -0.3 is 19.7 Å². The van der Waals surface area contributed by atoms with Gasteiger partial charge in [-0.25, -0.2) is 4.98 Å². The molecular formula is C21H25N3O4. The van der Waals surface area contributed by atoms with E-state index in [4.69, 9.17) is 9.47 Å². The third kappa shape index (κ3) is 4.48. The van der Waals surface area contributed by atoms with E-state index >= 15 is 0 Å². The highest BCUT2D eigenvalue weighted by Crippen LogP contribution is 2.27. The Morgan fingerprint density at radius 2 is 2.04 bits per heavy atom. The van der Waals surface area contributed by atoms with E-state index in [1.165, 1.54) is 11.8 Å². The van der Waals surface area contributed by atoms with Crippen LogP contribution in [-0.4, -0.2) is 43.7 Å². The van der Waals surface area contributed by atoms with Gasteiger partial charge in [0.2, 0.25) is 17.7 Å². The second-order valence-electron chi connectivity index (χ2n) is 6.82. The molecule has 3 rings (SSSR count). The van der Waals surface area contributed by atoms with Gasteiger partial charge in [-0.1, -0.05) is 6.07 Å². The topological polar surface area (TPSA) is 80.8 Å². The molecule has 1 fully saturated rings. The maximum atomic E-state index is 12.8. The van der Waals surface area contributed by atoms with Crippen LogP contribution in [0, 0.1) is 19.8 Å². The molecule has 7 heteroatoms. The summed E-state index contributed by atoms with van der Waals surface area (Å²) in [5, 5.41) is 2.77. The summed E-state index contributed by atoms with van der Waals surface area (Å²) in [5.74, 6) is -0.730. The van der Waals surface area contributed by atoms with E-state index in [0.29, 0.717) is 37.7 Å². The average Bonchev–Trinajstić information content (AvgIpc) is 3.07. The minimum absolute atomic E-state index is 0.173. The monoisotopic (exact) mass is 383 g/mol. The molecule has 0 saturated carbocycles. The van der Waals surface area contributed by atoms with Crippen molar-refractivity contribution in [2.45, 2.75) is 20.3 Å². The van der Waals surface area contributed by atoms with E-state index in [1.54, 1.807) is 24.1 Å². The van der Waals surface area contributed by atoms with Crippen LogP contribution < -0.4 is 15.0 Å². The lowest BCUT2D eigenvalue weighted by Crippen LogP contribution is -2.33. The summed E-state index contributed by atoms with van der Waals surface area (Å²) in [6, 6.07) is 9.27. The number of carbonyl (C=O) groups excluding carboxylic acids is 2. The SMILES string of the molecule is COCCOc1ccc(NC(=O)C2CCN(c3ccc(C)c(C)c3)C2=O)cn1. The number of anilines is 2. The van der Waals surface area contributed by atoms with E-state index in [-0.39, 0.29) is 11.8 Å². The molecule has 1 aromatic carbocycles. The quantitative estimate of drug-likeness (QED) is 0.587. The summed E-state index contributed by atoms with van der Waals surface area (Å²) >= 11 is 0. The zero-order valence-corrected chi connectivity index (χ0v) is 16.4. The number of hydrogen-bond donors (Lipinski definition) is 1. The summed E-state index contributed by atoms with van der Waals surface area (Å²) < 4.78 is 10.3. The molecule has 2 aromatic rings. The molecule has 1 N–H and O–H groups in total. The van der Waals surface area contributed by atoms with Crippen molar-refractivity contribution in [3.63, 3.8) is 0 Å². The van der Waals surface area contributed by atoms with Crippen molar-refractivity contribution in [2.24, 2.45) is 5.92 Å². The molecule has 148 valence electrons. The smallest absolute Gasteiger partial charge is 0.239 e. The molecule has 1 aromatic heterocycles. The van der Waals surface area contributed by atoms with Crippen molar-refractivity contribution >= 4 is 23.2 Å². The van der Waals surface area contributed by atoms with Crippen molar-refractivity contribution in [3.05, 3.63) is 47.7 Å². The van der Waals surface area contributed by atoms with Gasteiger partial charge in [-0.2, -0.15) is 0 Å². The van der Waals surface area contributed by atoms with Crippen LogP contribution in [0.25, 0.3) is 0 Å². The van der Waals surface area contributed by atoms with Gasteiger partial charge in [-0.15, -0.1) is 0 Å². The molecule has 1 unspecified atom stereocenters.